The first-order chi connectivity index (χ1) is 16.0. The zero-order valence-corrected chi connectivity index (χ0v) is 19.3. The molecule has 0 fully saturated rings. The van der Waals surface area contributed by atoms with Crippen LogP contribution in [0.1, 0.15) is 45.6 Å². The molecule has 0 spiro atoms. The number of nitrogens with zero attached hydrogens (tertiary/aromatic N) is 2. The molecule has 1 aromatic carbocycles. The number of anilines is 2. The van der Waals surface area contributed by atoms with Crippen molar-refractivity contribution in [2.75, 3.05) is 29.9 Å². The van der Waals surface area contributed by atoms with Crippen molar-refractivity contribution in [3.63, 3.8) is 0 Å². The maximum Gasteiger partial charge on any atom is 0.252 e. The molecule has 7 nitrogen and oxygen atoms in total. The minimum Gasteiger partial charge on any atom is -0.383 e. The van der Waals surface area contributed by atoms with Crippen molar-refractivity contribution in [3.05, 3.63) is 87.1 Å². The lowest BCUT2D eigenvalue weighted by Crippen LogP contribution is -2.31. The number of rotatable bonds is 8. The number of hydrogen-bond donors (Lipinski definition) is 3. The van der Waals surface area contributed by atoms with Gasteiger partial charge < -0.3 is 20.5 Å². The fourth-order valence-corrected chi connectivity index (χ4v) is 4.26. The van der Waals surface area contributed by atoms with Gasteiger partial charge in [-0.25, -0.2) is 0 Å². The van der Waals surface area contributed by atoms with Gasteiger partial charge in [-0.3, -0.25) is 14.6 Å². The molecule has 0 saturated carbocycles. The summed E-state index contributed by atoms with van der Waals surface area (Å²) in [6.45, 7) is 7.17. The molecule has 1 amide bonds. The van der Waals surface area contributed by atoms with Crippen molar-refractivity contribution in [1.82, 2.24) is 15.3 Å². The third kappa shape index (κ3) is 5.61. The lowest BCUT2D eigenvalue weighted by Gasteiger charge is -2.30. The van der Waals surface area contributed by atoms with Crippen LogP contribution in [0, 0.1) is 13.8 Å². The van der Waals surface area contributed by atoms with Gasteiger partial charge in [0.1, 0.15) is 0 Å². The Morgan fingerprint density at radius 2 is 2.09 bits per heavy atom. The number of para-hydroxylation sites is 1. The zero-order valence-electron chi connectivity index (χ0n) is 19.3. The van der Waals surface area contributed by atoms with Crippen molar-refractivity contribution < 1.29 is 4.79 Å². The molecule has 0 bridgehead atoms. The Bertz CT molecular complexity index is 1170. The molecule has 1 aliphatic heterocycles. The highest BCUT2D eigenvalue weighted by atomic mass is 16.1. The number of hydrogen-bond acceptors (Lipinski definition) is 5. The summed E-state index contributed by atoms with van der Waals surface area (Å²) in [7, 11) is 0. The minimum absolute atomic E-state index is 0.187. The maximum absolute atomic E-state index is 12.4. The molecule has 7 heteroatoms. The molecule has 0 aliphatic carbocycles. The van der Waals surface area contributed by atoms with E-state index in [2.05, 4.69) is 58.6 Å². The van der Waals surface area contributed by atoms with E-state index >= 15 is 0 Å². The van der Waals surface area contributed by atoms with Gasteiger partial charge in [0.2, 0.25) is 5.56 Å². The van der Waals surface area contributed by atoms with E-state index in [0.717, 1.165) is 43.6 Å². The SMILES string of the molecule is Cc1cnc(CN(CCCNC(=O)c2ccc(=O)[nH]c2)c2cccc3c2NCCC3)c(C)c1. The highest BCUT2D eigenvalue weighted by Gasteiger charge is 2.18. The average Bonchev–Trinajstić information content (AvgIpc) is 2.82. The van der Waals surface area contributed by atoms with Crippen LogP contribution in [-0.4, -0.2) is 35.5 Å². The highest BCUT2D eigenvalue weighted by molar-refractivity contribution is 5.93. The van der Waals surface area contributed by atoms with Crippen LogP contribution >= 0.6 is 0 Å². The summed E-state index contributed by atoms with van der Waals surface area (Å²) >= 11 is 0. The normalized spacial score (nSPS) is 12.5. The Balaban J connectivity index is 1.48. The zero-order chi connectivity index (χ0) is 23.2. The number of nitrogens with one attached hydrogen (secondary N) is 3. The number of carbonyl (C=O) groups is 1. The van der Waals surface area contributed by atoms with Crippen LogP contribution in [0.3, 0.4) is 0 Å². The fourth-order valence-electron chi connectivity index (χ4n) is 4.26. The van der Waals surface area contributed by atoms with Crippen LogP contribution in [0.4, 0.5) is 11.4 Å². The van der Waals surface area contributed by atoms with Crippen LogP contribution in [0.25, 0.3) is 0 Å². The predicted molar refractivity (Wildman–Crippen MR) is 132 cm³/mol. The monoisotopic (exact) mass is 445 g/mol. The van der Waals surface area contributed by atoms with Gasteiger partial charge in [0, 0.05) is 38.1 Å². The molecule has 0 unspecified atom stereocenters. The number of pyridine rings is 2. The number of aryl methyl sites for hydroxylation is 3. The minimum atomic E-state index is -0.220. The van der Waals surface area contributed by atoms with E-state index in [1.165, 1.54) is 40.8 Å². The van der Waals surface area contributed by atoms with E-state index in [0.29, 0.717) is 18.7 Å². The number of carbonyl (C=O) groups excluding carboxylic acids is 1. The molecule has 0 saturated heterocycles. The van der Waals surface area contributed by atoms with Crippen LogP contribution in [-0.2, 0) is 13.0 Å². The number of amides is 1. The third-order valence-electron chi connectivity index (χ3n) is 5.99. The van der Waals surface area contributed by atoms with E-state index < -0.39 is 0 Å². The second-order valence-corrected chi connectivity index (χ2v) is 8.59. The summed E-state index contributed by atoms with van der Waals surface area (Å²) in [5.41, 5.74) is 7.38. The van der Waals surface area contributed by atoms with Crippen LogP contribution in [0.2, 0.25) is 0 Å². The molecule has 33 heavy (non-hydrogen) atoms. The number of aromatic amines is 1. The van der Waals surface area contributed by atoms with Gasteiger partial charge in [0.25, 0.3) is 5.91 Å². The van der Waals surface area contributed by atoms with Gasteiger partial charge >= 0.3 is 0 Å². The molecule has 3 heterocycles. The Morgan fingerprint density at radius 1 is 1.21 bits per heavy atom. The van der Waals surface area contributed by atoms with Gasteiger partial charge in [-0.1, -0.05) is 18.2 Å². The first-order valence-corrected chi connectivity index (χ1v) is 11.5. The van der Waals surface area contributed by atoms with Gasteiger partial charge in [-0.15, -0.1) is 0 Å². The first-order valence-electron chi connectivity index (χ1n) is 11.5. The quantitative estimate of drug-likeness (QED) is 0.461. The van der Waals surface area contributed by atoms with Crippen molar-refractivity contribution >= 4 is 17.3 Å². The van der Waals surface area contributed by atoms with Crippen molar-refractivity contribution in [2.24, 2.45) is 0 Å². The van der Waals surface area contributed by atoms with Gasteiger partial charge in [0.05, 0.1) is 29.2 Å². The Labute approximate surface area is 194 Å². The summed E-state index contributed by atoms with van der Waals surface area (Å²) in [6, 6.07) is 11.6. The van der Waals surface area contributed by atoms with E-state index in [9.17, 15) is 9.59 Å². The van der Waals surface area contributed by atoms with E-state index in [-0.39, 0.29) is 11.5 Å². The lowest BCUT2D eigenvalue weighted by molar-refractivity contribution is 0.0953. The van der Waals surface area contributed by atoms with Crippen molar-refractivity contribution in [1.29, 1.82) is 0 Å². The molecular weight excluding hydrogens is 414 g/mol. The molecule has 3 N–H and O–H groups in total. The summed E-state index contributed by atoms with van der Waals surface area (Å²) in [5, 5.41) is 6.55. The number of benzene rings is 1. The molecule has 1 aliphatic rings. The second kappa shape index (κ2) is 10.3. The largest absolute Gasteiger partial charge is 0.383 e. The van der Waals surface area contributed by atoms with Gasteiger partial charge in [-0.05, 0) is 61.9 Å². The van der Waals surface area contributed by atoms with Crippen molar-refractivity contribution in [2.45, 2.75) is 39.7 Å². The average molecular weight is 446 g/mol. The molecular formula is C26H31N5O2. The number of aromatic nitrogens is 2. The van der Waals surface area contributed by atoms with Gasteiger partial charge in [-0.2, -0.15) is 0 Å². The topological polar surface area (TPSA) is 90.1 Å². The van der Waals surface area contributed by atoms with E-state index in [1.54, 1.807) is 0 Å². The van der Waals surface area contributed by atoms with Crippen LogP contribution in [0.5, 0.6) is 0 Å². The van der Waals surface area contributed by atoms with E-state index in [1.807, 2.05) is 6.20 Å². The molecule has 3 aromatic rings. The summed E-state index contributed by atoms with van der Waals surface area (Å²) in [4.78, 5) is 33.2. The molecule has 2 aromatic heterocycles. The fraction of sp³-hybridized carbons (Fsp3) is 0.346. The Hall–Kier alpha value is -3.61. The van der Waals surface area contributed by atoms with Crippen molar-refractivity contribution in [3.8, 4) is 0 Å². The predicted octanol–water partition coefficient (Wildman–Crippen LogP) is 3.57. The molecule has 172 valence electrons. The van der Waals surface area contributed by atoms with Crippen LogP contribution in [0.15, 0.2) is 53.6 Å². The molecule has 4 rings (SSSR count). The summed E-state index contributed by atoms with van der Waals surface area (Å²) in [5.74, 6) is -0.187. The smallest absolute Gasteiger partial charge is 0.252 e. The van der Waals surface area contributed by atoms with Gasteiger partial charge in [0.15, 0.2) is 0 Å². The summed E-state index contributed by atoms with van der Waals surface area (Å²) < 4.78 is 0. The number of H-pyrrole nitrogens is 1. The lowest BCUT2D eigenvalue weighted by atomic mass is 10.0. The van der Waals surface area contributed by atoms with Crippen LogP contribution < -0.4 is 21.1 Å². The van der Waals surface area contributed by atoms with E-state index in [4.69, 9.17) is 4.98 Å². The summed E-state index contributed by atoms with van der Waals surface area (Å²) in [6.07, 6.45) is 6.37. The Kier molecular flexibility index (Phi) is 7.07. The second-order valence-electron chi connectivity index (χ2n) is 8.59. The number of fused-ring (bicyclic) bond motifs is 1. The standard InChI is InChI=1S/C26H31N5O2/c1-18-14-19(2)22(29-15-18)17-31(23-8-3-6-20-7-4-11-27-25(20)23)13-5-12-28-26(33)21-9-10-24(32)30-16-21/h3,6,8-10,14-16,27H,4-5,7,11-13,17H2,1-2H3,(H,28,33)(H,30,32). The Morgan fingerprint density at radius 3 is 2.88 bits per heavy atom. The maximum atomic E-state index is 12.4. The highest BCUT2D eigenvalue weighted by Crippen LogP contribution is 2.34. The molecule has 0 radical (unpaired) electrons. The first kappa shape index (κ1) is 22.6. The molecule has 0 atom stereocenters. The third-order valence-corrected chi connectivity index (χ3v) is 5.99.